The molecule has 0 spiro atoms. The van der Waals surface area contributed by atoms with Crippen LogP contribution in [0.3, 0.4) is 0 Å². The van der Waals surface area contributed by atoms with Gasteiger partial charge in [-0.25, -0.2) is 0 Å². The normalized spacial score (nSPS) is 17.1. The molecule has 15 heavy (non-hydrogen) atoms. The van der Waals surface area contributed by atoms with Crippen molar-refractivity contribution in [3.05, 3.63) is 29.3 Å². The number of rotatable bonds is 0. The van der Waals surface area contributed by atoms with Crippen LogP contribution >= 0.6 is 0 Å². The minimum atomic E-state index is 1.07. The summed E-state index contributed by atoms with van der Waals surface area (Å²) in [7, 11) is 0. The van der Waals surface area contributed by atoms with E-state index in [0.29, 0.717) is 0 Å². The second kappa shape index (κ2) is 3.42. The maximum Gasteiger partial charge on any atom is 0.0655 e. The number of hydrogen-bond acceptors (Lipinski definition) is 3. The zero-order valence-corrected chi connectivity index (χ0v) is 8.46. The van der Waals surface area contributed by atoms with Crippen molar-refractivity contribution in [2.75, 3.05) is 17.3 Å². The second-order valence-corrected chi connectivity index (χ2v) is 3.84. The highest BCUT2D eigenvalue weighted by Gasteiger charge is 2.14. The van der Waals surface area contributed by atoms with E-state index >= 15 is 0 Å². The van der Waals surface area contributed by atoms with Crippen LogP contribution in [0.1, 0.15) is 17.5 Å². The number of hydrazone groups is 1. The van der Waals surface area contributed by atoms with Gasteiger partial charge >= 0.3 is 0 Å². The molecule has 0 bridgehead atoms. The number of allylic oxidation sites excluding steroid dienone is 1. The minimum Gasteiger partial charge on any atom is -0.384 e. The largest absolute Gasteiger partial charge is 0.384 e. The lowest BCUT2D eigenvalue weighted by Gasteiger charge is -2.21. The van der Waals surface area contributed by atoms with Gasteiger partial charge in [-0.05, 0) is 36.6 Å². The summed E-state index contributed by atoms with van der Waals surface area (Å²) in [6.07, 6.45) is 8.24. The Labute approximate surface area is 88.9 Å². The van der Waals surface area contributed by atoms with Gasteiger partial charge in [0.05, 0.1) is 5.69 Å². The molecule has 2 heterocycles. The SMILES string of the molecule is C1=Cc2c(ccc3c2NCCC3)NN=C1. The first-order valence-electron chi connectivity index (χ1n) is 5.30. The molecule has 3 rings (SSSR count). The summed E-state index contributed by atoms with van der Waals surface area (Å²) in [5.74, 6) is 0. The van der Waals surface area contributed by atoms with Crippen molar-refractivity contribution in [2.45, 2.75) is 12.8 Å². The van der Waals surface area contributed by atoms with Gasteiger partial charge in [-0.2, -0.15) is 5.10 Å². The van der Waals surface area contributed by atoms with Crippen molar-refractivity contribution < 1.29 is 0 Å². The highest BCUT2D eigenvalue weighted by atomic mass is 15.3. The van der Waals surface area contributed by atoms with E-state index in [1.807, 2.05) is 6.08 Å². The zero-order valence-electron chi connectivity index (χ0n) is 8.46. The molecule has 0 amide bonds. The molecule has 2 N–H and O–H groups in total. The monoisotopic (exact) mass is 199 g/mol. The molecule has 0 aromatic heterocycles. The number of nitrogens with zero attached hydrogens (tertiary/aromatic N) is 1. The van der Waals surface area contributed by atoms with Gasteiger partial charge < -0.3 is 5.32 Å². The molecule has 2 aliphatic heterocycles. The smallest absolute Gasteiger partial charge is 0.0655 e. The Hall–Kier alpha value is -1.77. The molecule has 3 nitrogen and oxygen atoms in total. The van der Waals surface area contributed by atoms with Gasteiger partial charge in [0.2, 0.25) is 0 Å². The molecule has 76 valence electrons. The van der Waals surface area contributed by atoms with E-state index in [1.54, 1.807) is 6.21 Å². The number of fused-ring (bicyclic) bond motifs is 3. The van der Waals surface area contributed by atoms with Crippen molar-refractivity contribution in [3.8, 4) is 0 Å². The molecule has 0 aliphatic carbocycles. The van der Waals surface area contributed by atoms with Crippen LogP contribution in [-0.2, 0) is 6.42 Å². The average molecular weight is 199 g/mol. The summed E-state index contributed by atoms with van der Waals surface area (Å²) in [4.78, 5) is 0. The average Bonchev–Trinajstić information content (AvgIpc) is 2.54. The Morgan fingerprint density at radius 3 is 3.27 bits per heavy atom. The summed E-state index contributed by atoms with van der Waals surface area (Å²) in [6.45, 7) is 1.07. The summed E-state index contributed by atoms with van der Waals surface area (Å²) in [5.41, 5.74) is 8.03. The highest BCUT2D eigenvalue weighted by Crippen LogP contribution is 2.33. The molecule has 0 fully saturated rings. The number of aryl methyl sites for hydroxylation is 1. The lowest BCUT2D eigenvalue weighted by molar-refractivity contribution is 0.830. The number of benzene rings is 1. The molecule has 2 aliphatic rings. The summed E-state index contributed by atoms with van der Waals surface area (Å²) < 4.78 is 0. The molecule has 0 unspecified atom stereocenters. The fourth-order valence-electron chi connectivity index (χ4n) is 2.13. The number of nitrogens with one attached hydrogen (secondary N) is 2. The molecule has 0 saturated carbocycles. The van der Waals surface area contributed by atoms with E-state index in [9.17, 15) is 0 Å². The van der Waals surface area contributed by atoms with Crippen LogP contribution in [0.2, 0.25) is 0 Å². The lowest BCUT2D eigenvalue weighted by atomic mass is 9.98. The molecule has 3 heteroatoms. The predicted molar refractivity (Wildman–Crippen MR) is 64.4 cm³/mol. The first-order chi connectivity index (χ1) is 7.45. The quantitative estimate of drug-likeness (QED) is 0.673. The standard InChI is InChI=1S/C12H13N3/c1-3-9-5-6-11-10(12(9)13-7-1)4-2-8-14-15-11/h2,4-6,8,13,15H,1,3,7H2. The topological polar surface area (TPSA) is 36.4 Å². The molecule has 1 aromatic rings. The van der Waals surface area contributed by atoms with Crippen molar-refractivity contribution in [3.63, 3.8) is 0 Å². The lowest BCUT2D eigenvalue weighted by Crippen LogP contribution is -2.13. The number of anilines is 2. The third-order valence-corrected chi connectivity index (χ3v) is 2.86. The zero-order chi connectivity index (χ0) is 10.1. The van der Waals surface area contributed by atoms with Crippen LogP contribution in [-0.4, -0.2) is 12.8 Å². The fourth-order valence-corrected chi connectivity index (χ4v) is 2.13. The van der Waals surface area contributed by atoms with Crippen molar-refractivity contribution >= 4 is 23.7 Å². The van der Waals surface area contributed by atoms with Gasteiger partial charge in [-0.15, -0.1) is 0 Å². The Morgan fingerprint density at radius 2 is 2.27 bits per heavy atom. The Balaban J connectivity index is 2.17. The van der Waals surface area contributed by atoms with Crippen LogP contribution in [0, 0.1) is 0 Å². The Bertz CT molecular complexity index is 446. The van der Waals surface area contributed by atoms with Crippen molar-refractivity contribution in [1.82, 2.24) is 0 Å². The Kier molecular flexibility index (Phi) is 1.95. The van der Waals surface area contributed by atoms with Crippen LogP contribution in [0.25, 0.3) is 6.08 Å². The van der Waals surface area contributed by atoms with Gasteiger partial charge in [0.15, 0.2) is 0 Å². The van der Waals surface area contributed by atoms with Crippen molar-refractivity contribution in [2.24, 2.45) is 5.10 Å². The first kappa shape index (κ1) is 8.53. The molecule has 1 aromatic carbocycles. The molecule has 0 saturated heterocycles. The highest BCUT2D eigenvalue weighted by molar-refractivity contribution is 5.89. The molecule has 0 atom stereocenters. The summed E-state index contributed by atoms with van der Waals surface area (Å²) in [5, 5.41) is 7.54. The molecular formula is C12H13N3. The van der Waals surface area contributed by atoms with E-state index in [0.717, 1.165) is 12.2 Å². The van der Waals surface area contributed by atoms with Gasteiger partial charge in [0.1, 0.15) is 0 Å². The third kappa shape index (κ3) is 1.40. The second-order valence-electron chi connectivity index (χ2n) is 3.84. The minimum absolute atomic E-state index is 1.07. The molecule has 0 radical (unpaired) electrons. The maximum absolute atomic E-state index is 4.07. The predicted octanol–water partition coefficient (Wildman–Crippen LogP) is 2.47. The Morgan fingerprint density at radius 1 is 1.27 bits per heavy atom. The van der Waals surface area contributed by atoms with Crippen molar-refractivity contribution in [1.29, 1.82) is 0 Å². The van der Waals surface area contributed by atoms with Crippen LogP contribution in [0.15, 0.2) is 23.3 Å². The summed E-state index contributed by atoms with van der Waals surface area (Å²) in [6, 6.07) is 4.29. The van der Waals surface area contributed by atoms with Crippen LogP contribution in [0.4, 0.5) is 11.4 Å². The van der Waals surface area contributed by atoms with Crippen LogP contribution in [0.5, 0.6) is 0 Å². The molecular weight excluding hydrogens is 186 g/mol. The van der Waals surface area contributed by atoms with Crippen LogP contribution < -0.4 is 10.7 Å². The number of hydrogen-bond donors (Lipinski definition) is 2. The van der Waals surface area contributed by atoms with E-state index in [1.165, 1.54) is 29.7 Å². The fraction of sp³-hybridized carbons (Fsp3) is 0.250. The van der Waals surface area contributed by atoms with Gasteiger partial charge in [0, 0.05) is 24.0 Å². The third-order valence-electron chi connectivity index (χ3n) is 2.86. The van der Waals surface area contributed by atoms with Gasteiger partial charge in [-0.1, -0.05) is 6.07 Å². The van der Waals surface area contributed by atoms with E-state index < -0.39 is 0 Å². The van der Waals surface area contributed by atoms with Gasteiger partial charge in [-0.3, -0.25) is 5.43 Å². The van der Waals surface area contributed by atoms with E-state index in [2.05, 4.69) is 34.1 Å². The van der Waals surface area contributed by atoms with Gasteiger partial charge in [0.25, 0.3) is 0 Å². The van der Waals surface area contributed by atoms with E-state index in [4.69, 9.17) is 0 Å². The first-order valence-corrected chi connectivity index (χ1v) is 5.30. The van der Waals surface area contributed by atoms with E-state index in [-0.39, 0.29) is 0 Å². The summed E-state index contributed by atoms with van der Waals surface area (Å²) >= 11 is 0. The maximum atomic E-state index is 4.07.